The Hall–Kier alpha value is -0.634. The molecule has 0 aromatic heterocycles. The molecule has 0 saturated heterocycles. The monoisotopic (exact) mass is 349 g/mol. The van der Waals surface area contributed by atoms with Crippen molar-refractivity contribution in [1.82, 2.24) is 0 Å². The molecule has 24 heavy (non-hydrogen) atoms. The Morgan fingerprint density at radius 2 is 1.92 bits per heavy atom. The van der Waals surface area contributed by atoms with Crippen molar-refractivity contribution in [1.29, 1.82) is 0 Å². The van der Waals surface area contributed by atoms with Crippen LogP contribution in [0.4, 0.5) is 0 Å². The van der Waals surface area contributed by atoms with E-state index in [1.54, 1.807) is 19.1 Å². The molecule has 0 fully saturated rings. The maximum Gasteiger partial charge on any atom is 1.00 e. The molecule has 1 aliphatic carbocycles. The summed E-state index contributed by atoms with van der Waals surface area (Å²) in [5.74, 6) is 5.44. The van der Waals surface area contributed by atoms with E-state index in [9.17, 15) is 4.79 Å². The first-order valence-corrected chi connectivity index (χ1v) is 7.83. The molecule has 1 rings (SSSR count). The van der Waals surface area contributed by atoms with Gasteiger partial charge in [-0.2, -0.15) is 5.92 Å². The predicted octanol–water partition coefficient (Wildman–Crippen LogP) is 2.07. The third kappa shape index (κ3) is 7.50. The van der Waals surface area contributed by atoms with E-state index >= 15 is 0 Å². The van der Waals surface area contributed by atoms with Crippen LogP contribution in [0.15, 0.2) is 46.1 Å². The van der Waals surface area contributed by atoms with Crippen LogP contribution in [0.1, 0.15) is 47.0 Å². The van der Waals surface area contributed by atoms with Crippen molar-refractivity contribution in [2.75, 3.05) is 0 Å². The van der Waals surface area contributed by atoms with E-state index in [4.69, 9.17) is 5.11 Å². The molecule has 0 atom stereocenters. The van der Waals surface area contributed by atoms with Gasteiger partial charge in [-0.1, -0.05) is 25.0 Å². The van der Waals surface area contributed by atoms with Crippen LogP contribution in [0.25, 0.3) is 0 Å². The number of rotatable bonds is 3. The number of allylic oxidation sites excluding steroid dienone is 7. The number of hydrogen-bond donors (Lipinski definition) is 1. The largest absolute Gasteiger partial charge is 1.00 e. The van der Waals surface area contributed by atoms with Gasteiger partial charge in [-0.3, -0.25) is 24.0 Å². The number of hydrogen-bond acceptors (Lipinski definition) is 1. The van der Waals surface area contributed by atoms with Crippen molar-refractivity contribution in [3.63, 3.8) is 0 Å². The van der Waals surface area contributed by atoms with Crippen LogP contribution in [0.3, 0.4) is 0 Å². The van der Waals surface area contributed by atoms with E-state index in [2.05, 4.69) is 46.5 Å². The Morgan fingerprint density at radius 1 is 1.29 bits per heavy atom. The van der Waals surface area contributed by atoms with Crippen molar-refractivity contribution < 1.29 is 61.3 Å². The quantitative estimate of drug-likeness (QED) is 0.278. The topological polar surface area (TPSA) is 37.3 Å². The first-order valence-electron chi connectivity index (χ1n) is 7.83. The summed E-state index contributed by atoms with van der Waals surface area (Å²) in [6, 6.07) is 0. The molecular weight excluding hydrogens is 323 g/mol. The zero-order valence-corrected chi connectivity index (χ0v) is 18.7. The zero-order chi connectivity index (χ0) is 17.6. The second kappa shape index (κ2) is 10.4. The fourth-order valence-corrected chi connectivity index (χ4v) is 2.69. The molecule has 0 spiro atoms. The number of carboxylic acids is 1. The molecule has 0 heterocycles. The normalized spacial score (nSPS) is 18.4. The fraction of sp³-hybridized carbons (Fsp3) is 0.381. The van der Waals surface area contributed by atoms with Crippen molar-refractivity contribution in [2.24, 2.45) is 5.41 Å². The molecule has 0 radical (unpaired) electrons. The Bertz CT molecular complexity index is 662. The number of aliphatic carboxylic acids is 1. The molecule has 0 amide bonds. The van der Waals surface area contributed by atoms with E-state index in [0.29, 0.717) is 16.7 Å². The van der Waals surface area contributed by atoms with Gasteiger partial charge >= 0.3 is 57.4 Å². The molecule has 124 valence electrons. The van der Waals surface area contributed by atoms with Gasteiger partial charge in [0, 0.05) is 6.08 Å². The molecule has 0 aliphatic heterocycles. The van der Waals surface area contributed by atoms with Gasteiger partial charge in [0.25, 0.3) is 0 Å². The minimum atomic E-state index is -0.960. The van der Waals surface area contributed by atoms with Crippen molar-refractivity contribution >= 4 is 5.97 Å². The van der Waals surface area contributed by atoms with Crippen LogP contribution < -0.4 is 51.4 Å². The molecule has 3 heteroatoms. The summed E-state index contributed by atoms with van der Waals surface area (Å²) in [5.41, 5.74) is 4.69. The summed E-state index contributed by atoms with van der Waals surface area (Å²) >= 11 is 0. The van der Waals surface area contributed by atoms with Crippen LogP contribution in [-0.2, 0) is 4.79 Å². The smallest absolute Gasteiger partial charge is 0.478 e. The standard InChI is InChI=1S/C21H26O2.K/c1-15(14-20(22)23)9-10-16(2)17(3)11-12-19-18(4)8-7-13-21(19,5)6;/h9-10,14H,2-3,7-8,13H2,1,4-6H3,(H,22,23);/q-2;+1/b10-9+,15-14+,17-16?;. The zero-order valence-electron chi connectivity index (χ0n) is 15.6. The van der Waals surface area contributed by atoms with Crippen LogP contribution >= 0.6 is 0 Å². The van der Waals surface area contributed by atoms with Gasteiger partial charge in [0.1, 0.15) is 0 Å². The summed E-state index contributed by atoms with van der Waals surface area (Å²) < 4.78 is 0. The Kier molecular flexibility index (Phi) is 10.1. The van der Waals surface area contributed by atoms with Gasteiger partial charge in [-0.15, -0.1) is 6.08 Å². The third-order valence-corrected chi connectivity index (χ3v) is 4.08. The second-order valence-electron chi connectivity index (χ2n) is 6.71. The SMILES string of the molecule is [CH2-]C(C#CC1=C(C)CCCC1(C)C)=C([CH2-])/C=C/C(C)=C/C(=O)O.[K+]. The average molecular weight is 350 g/mol. The second-order valence-corrected chi connectivity index (χ2v) is 6.71. The maximum atomic E-state index is 10.6. The van der Waals surface area contributed by atoms with Crippen molar-refractivity contribution in [3.05, 3.63) is 59.9 Å². The van der Waals surface area contributed by atoms with Crippen LogP contribution in [0, 0.1) is 31.1 Å². The molecule has 0 unspecified atom stereocenters. The molecule has 0 aromatic rings. The molecule has 0 aromatic carbocycles. The number of carboxylic acid groups (broad SMARTS) is 1. The van der Waals surface area contributed by atoms with Gasteiger partial charge < -0.3 is 5.11 Å². The summed E-state index contributed by atoms with van der Waals surface area (Å²) in [5, 5.41) is 8.68. The molecule has 0 bridgehead atoms. The Balaban J connectivity index is 0.00000529. The summed E-state index contributed by atoms with van der Waals surface area (Å²) in [7, 11) is 0. The van der Waals surface area contributed by atoms with Gasteiger partial charge in [0.15, 0.2) is 0 Å². The maximum absolute atomic E-state index is 10.6. The fourth-order valence-electron chi connectivity index (χ4n) is 2.69. The minimum Gasteiger partial charge on any atom is -0.478 e. The van der Waals surface area contributed by atoms with E-state index < -0.39 is 5.97 Å². The van der Waals surface area contributed by atoms with E-state index in [-0.39, 0.29) is 56.8 Å². The molecule has 1 N–H and O–H groups in total. The first-order chi connectivity index (χ1) is 10.6. The molecular formula is C21H26KO2-. The first kappa shape index (κ1) is 23.4. The Morgan fingerprint density at radius 3 is 2.46 bits per heavy atom. The average Bonchev–Trinajstić information content (AvgIpc) is 2.42. The van der Waals surface area contributed by atoms with Crippen LogP contribution in [0.2, 0.25) is 0 Å². The summed E-state index contributed by atoms with van der Waals surface area (Å²) in [4.78, 5) is 10.6. The Labute approximate surface area is 189 Å². The van der Waals surface area contributed by atoms with Crippen molar-refractivity contribution in [3.8, 4) is 11.8 Å². The van der Waals surface area contributed by atoms with Crippen LogP contribution in [-0.4, -0.2) is 11.1 Å². The van der Waals surface area contributed by atoms with Gasteiger partial charge in [-0.25, -0.2) is 17.8 Å². The summed E-state index contributed by atoms with van der Waals surface area (Å²) in [6.45, 7) is 16.3. The molecule has 2 nitrogen and oxygen atoms in total. The van der Waals surface area contributed by atoms with E-state index in [0.717, 1.165) is 18.9 Å². The van der Waals surface area contributed by atoms with E-state index in [1.807, 2.05) is 0 Å². The minimum absolute atomic E-state index is 0. The molecule has 0 saturated carbocycles. The van der Waals surface area contributed by atoms with E-state index in [1.165, 1.54) is 17.6 Å². The third-order valence-electron chi connectivity index (χ3n) is 4.08. The van der Waals surface area contributed by atoms with Gasteiger partial charge in [-0.05, 0) is 44.1 Å². The van der Waals surface area contributed by atoms with Crippen LogP contribution in [0.5, 0.6) is 0 Å². The molecule has 1 aliphatic rings. The van der Waals surface area contributed by atoms with Gasteiger partial charge in [0.2, 0.25) is 0 Å². The van der Waals surface area contributed by atoms with Crippen molar-refractivity contribution in [2.45, 2.75) is 47.0 Å². The summed E-state index contributed by atoms with van der Waals surface area (Å²) in [6.07, 6.45) is 8.09. The number of carbonyl (C=O) groups is 1. The van der Waals surface area contributed by atoms with Gasteiger partial charge in [0.05, 0.1) is 0 Å². The predicted molar refractivity (Wildman–Crippen MR) is 96.4 cm³/mol.